The van der Waals surface area contributed by atoms with Crippen LogP contribution in [0.4, 0.5) is 11.5 Å². The van der Waals surface area contributed by atoms with Crippen molar-refractivity contribution in [3.05, 3.63) is 76.5 Å². The first-order valence-electron chi connectivity index (χ1n) is 11.0. The number of aromatic carboxylic acids is 1. The molecule has 0 radical (unpaired) electrons. The van der Waals surface area contributed by atoms with Crippen molar-refractivity contribution in [2.75, 3.05) is 30.4 Å². The van der Waals surface area contributed by atoms with Crippen LogP contribution in [0.2, 0.25) is 0 Å². The second-order valence-electron chi connectivity index (χ2n) is 8.62. The fraction of sp³-hybridized carbons (Fsp3) is 0.320. The number of rotatable bonds is 7. The van der Waals surface area contributed by atoms with Gasteiger partial charge < -0.3 is 20.2 Å². The summed E-state index contributed by atoms with van der Waals surface area (Å²) in [7, 11) is 4.04. The van der Waals surface area contributed by atoms with E-state index >= 15 is 0 Å². The lowest BCUT2D eigenvalue weighted by molar-refractivity contribution is 0.0696. The van der Waals surface area contributed by atoms with E-state index in [1.165, 1.54) is 5.56 Å². The Labute approximate surface area is 193 Å². The number of carboxylic acid groups (broad SMARTS) is 1. The van der Waals surface area contributed by atoms with Gasteiger partial charge in [0.2, 0.25) is 0 Å². The van der Waals surface area contributed by atoms with Gasteiger partial charge in [-0.2, -0.15) is 5.10 Å². The summed E-state index contributed by atoms with van der Waals surface area (Å²) in [6.07, 6.45) is 0. The molecular formula is C25H29N5O3. The molecule has 0 bridgehead atoms. The van der Waals surface area contributed by atoms with Crippen LogP contribution in [0.25, 0.3) is 0 Å². The fourth-order valence-corrected chi connectivity index (χ4v) is 4.21. The van der Waals surface area contributed by atoms with Crippen LogP contribution in [0.15, 0.2) is 48.5 Å². The molecule has 0 aliphatic carbocycles. The van der Waals surface area contributed by atoms with Crippen LogP contribution in [-0.4, -0.2) is 47.4 Å². The molecule has 0 saturated heterocycles. The number of amides is 1. The molecule has 2 N–H and O–H groups in total. The number of carbonyl (C=O) groups is 2. The van der Waals surface area contributed by atoms with Crippen LogP contribution < -0.4 is 15.1 Å². The molecular weight excluding hydrogens is 418 g/mol. The minimum absolute atomic E-state index is 0.183. The van der Waals surface area contributed by atoms with E-state index in [0.29, 0.717) is 17.8 Å². The molecule has 0 saturated carbocycles. The summed E-state index contributed by atoms with van der Waals surface area (Å²) in [6.45, 7) is 5.97. The Bertz CT molecular complexity index is 1180. The maximum atomic E-state index is 13.3. The van der Waals surface area contributed by atoms with Crippen LogP contribution in [0.1, 0.15) is 50.5 Å². The Morgan fingerprint density at radius 1 is 1.15 bits per heavy atom. The van der Waals surface area contributed by atoms with Gasteiger partial charge in [0.05, 0.1) is 23.8 Å². The molecule has 2 heterocycles. The van der Waals surface area contributed by atoms with E-state index in [4.69, 9.17) is 5.11 Å². The van der Waals surface area contributed by atoms with Gasteiger partial charge in [-0.3, -0.25) is 4.79 Å². The van der Waals surface area contributed by atoms with Gasteiger partial charge in [0, 0.05) is 32.9 Å². The standard InChI is InChI=1S/C25H29N5O3/c1-16(19-8-10-20(11-9-19)25(32)33)26-23(31)22-17(2)27-30-13-12-29(24(22)30)15-18-6-5-7-21(14-18)28(3)4/h5-11,14,16H,12-13,15H2,1-4H3,(H,26,31)(H,32,33)/t16-/m0/s1. The van der Waals surface area contributed by atoms with Crippen molar-refractivity contribution in [1.82, 2.24) is 15.1 Å². The predicted molar refractivity (Wildman–Crippen MR) is 128 cm³/mol. The van der Waals surface area contributed by atoms with Crippen molar-refractivity contribution in [2.24, 2.45) is 0 Å². The van der Waals surface area contributed by atoms with Gasteiger partial charge in [-0.05, 0) is 49.2 Å². The van der Waals surface area contributed by atoms with Crippen LogP contribution in [0, 0.1) is 6.92 Å². The molecule has 1 aliphatic rings. The summed E-state index contributed by atoms with van der Waals surface area (Å²) in [5.74, 6) is -0.313. The Kier molecular flexibility index (Phi) is 6.09. The van der Waals surface area contributed by atoms with Gasteiger partial charge in [-0.15, -0.1) is 0 Å². The molecule has 0 unspecified atom stereocenters. The molecule has 2 aromatic carbocycles. The molecule has 172 valence electrons. The molecule has 1 amide bonds. The Balaban J connectivity index is 1.54. The van der Waals surface area contributed by atoms with Gasteiger partial charge in [-0.25, -0.2) is 9.48 Å². The number of nitrogens with zero attached hydrogens (tertiary/aromatic N) is 4. The third-order valence-corrected chi connectivity index (χ3v) is 6.01. The molecule has 1 aliphatic heterocycles. The number of benzene rings is 2. The second kappa shape index (κ2) is 8.97. The number of carbonyl (C=O) groups excluding carboxylic acids is 1. The van der Waals surface area contributed by atoms with Crippen molar-refractivity contribution in [1.29, 1.82) is 0 Å². The van der Waals surface area contributed by atoms with Crippen molar-refractivity contribution in [3.8, 4) is 0 Å². The summed E-state index contributed by atoms with van der Waals surface area (Å²) in [6, 6.07) is 14.7. The third kappa shape index (κ3) is 4.55. The van der Waals surface area contributed by atoms with Gasteiger partial charge in [0.15, 0.2) is 0 Å². The normalized spacial score (nSPS) is 13.5. The molecule has 8 nitrogen and oxygen atoms in total. The van der Waals surface area contributed by atoms with Crippen molar-refractivity contribution >= 4 is 23.4 Å². The number of nitrogens with one attached hydrogen (secondary N) is 1. The monoisotopic (exact) mass is 447 g/mol. The third-order valence-electron chi connectivity index (χ3n) is 6.01. The smallest absolute Gasteiger partial charge is 0.335 e. The van der Waals surface area contributed by atoms with Crippen LogP contribution >= 0.6 is 0 Å². The van der Waals surface area contributed by atoms with Gasteiger partial charge >= 0.3 is 5.97 Å². The van der Waals surface area contributed by atoms with E-state index in [1.54, 1.807) is 24.3 Å². The lowest BCUT2D eigenvalue weighted by atomic mass is 10.1. The predicted octanol–water partition coefficient (Wildman–Crippen LogP) is 3.47. The number of anilines is 2. The highest BCUT2D eigenvalue weighted by Crippen LogP contribution is 2.31. The number of aromatic nitrogens is 2. The zero-order valence-electron chi connectivity index (χ0n) is 19.4. The summed E-state index contributed by atoms with van der Waals surface area (Å²) in [5.41, 5.74) is 4.65. The SMILES string of the molecule is Cc1nn2c(c1C(=O)N[C@@H](C)c1ccc(C(=O)O)cc1)N(Cc1cccc(N(C)C)c1)CC2. The van der Waals surface area contributed by atoms with E-state index in [-0.39, 0.29) is 17.5 Å². The van der Waals surface area contributed by atoms with E-state index in [2.05, 4.69) is 38.4 Å². The van der Waals surface area contributed by atoms with E-state index in [1.807, 2.05) is 38.7 Å². The molecule has 1 atom stereocenters. The summed E-state index contributed by atoms with van der Waals surface area (Å²) < 4.78 is 1.91. The molecule has 8 heteroatoms. The zero-order chi connectivity index (χ0) is 23.7. The lowest BCUT2D eigenvalue weighted by Crippen LogP contribution is -2.29. The molecule has 4 rings (SSSR count). The van der Waals surface area contributed by atoms with E-state index < -0.39 is 5.97 Å². The first-order valence-corrected chi connectivity index (χ1v) is 11.0. The highest BCUT2D eigenvalue weighted by atomic mass is 16.4. The number of fused-ring (bicyclic) bond motifs is 1. The van der Waals surface area contributed by atoms with Crippen LogP contribution in [0.5, 0.6) is 0 Å². The first kappa shape index (κ1) is 22.4. The van der Waals surface area contributed by atoms with Crippen LogP contribution in [-0.2, 0) is 13.1 Å². The average molecular weight is 448 g/mol. The zero-order valence-corrected chi connectivity index (χ0v) is 19.4. The quantitative estimate of drug-likeness (QED) is 0.576. The van der Waals surface area contributed by atoms with Crippen molar-refractivity contribution in [2.45, 2.75) is 33.0 Å². The molecule has 0 spiro atoms. The van der Waals surface area contributed by atoms with E-state index in [9.17, 15) is 9.59 Å². The topological polar surface area (TPSA) is 90.7 Å². The van der Waals surface area contributed by atoms with Crippen molar-refractivity contribution in [3.63, 3.8) is 0 Å². The second-order valence-corrected chi connectivity index (χ2v) is 8.62. The number of hydrogen-bond donors (Lipinski definition) is 2. The Morgan fingerprint density at radius 3 is 2.55 bits per heavy atom. The molecule has 33 heavy (non-hydrogen) atoms. The molecule has 1 aromatic heterocycles. The highest BCUT2D eigenvalue weighted by Gasteiger charge is 2.30. The van der Waals surface area contributed by atoms with Gasteiger partial charge in [-0.1, -0.05) is 24.3 Å². The maximum Gasteiger partial charge on any atom is 0.335 e. The minimum Gasteiger partial charge on any atom is -0.478 e. The molecule has 3 aromatic rings. The largest absolute Gasteiger partial charge is 0.478 e. The van der Waals surface area contributed by atoms with Crippen LogP contribution in [0.3, 0.4) is 0 Å². The Morgan fingerprint density at radius 2 is 1.88 bits per heavy atom. The summed E-state index contributed by atoms with van der Waals surface area (Å²) in [4.78, 5) is 28.7. The minimum atomic E-state index is -0.972. The maximum absolute atomic E-state index is 13.3. The summed E-state index contributed by atoms with van der Waals surface area (Å²) >= 11 is 0. The van der Waals surface area contributed by atoms with Gasteiger partial charge in [0.25, 0.3) is 5.91 Å². The number of aryl methyl sites for hydroxylation is 1. The van der Waals surface area contributed by atoms with Crippen molar-refractivity contribution < 1.29 is 14.7 Å². The first-order chi connectivity index (χ1) is 15.7. The summed E-state index contributed by atoms with van der Waals surface area (Å²) in [5, 5.41) is 16.7. The number of carboxylic acids is 1. The highest BCUT2D eigenvalue weighted by molar-refractivity contribution is 6.00. The lowest BCUT2D eigenvalue weighted by Gasteiger charge is -2.21. The molecule has 0 fully saturated rings. The van der Waals surface area contributed by atoms with E-state index in [0.717, 1.165) is 30.2 Å². The fourth-order valence-electron chi connectivity index (χ4n) is 4.21. The Hall–Kier alpha value is -3.81. The van der Waals surface area contributed by atoms with Gasteiger partial charge in [0.1, 0.15) is 11.4 Å². The average Bonchev–Trinajstić information content (AvgIpc) is 3.31. The number of hydrogen-bond acceptors (Lipinski definition) is 5.